The Morgan fingerprint density at radius 2 is 2.06 bits per heavy atom. The first kappa shape index (κ1) is 22.1. The highest BCUT2D eigenvalue weighted by molar-refractivity contribution is 7.80. The van der Waals surface area contributed by atoms with Crippen molar-refractivity contribution in [3.63, 3.8) is 0 Å². The van der Waals surface area contributed by atoms with Crippen molar-refractivity contribution in [1.29, 1.82) is 5.26 Å². The molecular weight excluding hydrogens is 410 g/mol. The van der Waals surface area contributed by atoms with Crippen molar-refractivity contribution in [3.05, 3.63) is 77.0 Å². The van der Waals surface area contributed by atoms with Gasteiger partial charge in [0.2, 0.25) is 0 Å². The molecule has 1 heterocycles. The number of carbonyl (C=O) groups excluding carboxylic acids is 1. The summed E-state index contributed by atoms with van der Waals surface area (Å²) in [4.78, 5) is 14.0. The number of carbonyl (C=O) groups is 1. The van der Waals surface area contributed by atoms with Crippen molar-refractivity contribution in [2.45, 2.75) is 20.0 Å². The standard InChI is InChI=1S/C24H23N3O3S/c1-4-8-17-11-16(12-20-23(28)27(5-2)24(31)26-20)13-21(29-3)22(17)30-15-19-10-7-6-9-18(19)14-25/h4,6-7,9-13H,1,5,8,15H2,2-3H3,(H,26,31). The third-order valence-corrected chi connectivity index (χ3v) is 5.16. The van der Waals surface area contributed by atoms with Gasteiger partial charge in [0.15, 0.2) is 16.6 Å². The van der Waals surface area contributed by atoms with Gasteiger partial charge < -0.3 is 14.8 Å². The number of nitriles is 1. The molecule has 0 saturated carbocycles. The summed E-state index contributed by atoms with van der Waals surface area (Å²) in [7, 11) is 1.56. The van der Waals surface area contributed by atoms with Gasteiger partial charge in [0, 0.05) is 17.7 Å². The Balaban J connectivity index is 1.95. The fraction of sp³-hybridized carbons (Fsp3) is 0.208. The van der Waals surface area contributed by atoms with Crippen LogP contribution in [0.25, 0.3) is 6.08 Å². The van der Waals surface area contributed by atoms with E-state index in [1.807, 2.05) is 31.2 Å². The second kappa shape index (κ2) is 9.92. The Morgan fingerprint density at radius 3 is 2.71 bits per heavy atom. The summed E-state index contributed by atoms with van der Waals surface area (Å²) in [5.74, 6) is 0.944. The van der Waals surface area contributed by atoms with Crippen molar-refractivity contribution < 1.29 is 14.3 Å². The van der Waals surface area contributed by atoms with Crippen LogP contribution in [0, 0.1) is 11.3 Å². The molecule has 1 fully saturated rings. The lowest BCUT2D eigenvalue weighted by Crippen LogP contribution is -2.30. The predicted molar refractivity (Wildman–Crippen MR) is 123 cm³/mol. The van der Waals surface area contributed by atoms with Crippen LogP contribution in [0.1, 0.15) is 29.2 Å². The molecule has 6 nitrogen and oxygen atoms in total. The molecule has 0 spiro atoms. The quantitative estimate of drug-likeness (QED) is 0.386. The number of allylic oxidation sites excluding steroid dienone is 1. The van der Waals surface area contributed by atoms with Gasteiger partial charge in [-0.15, -0.1) is 6.58 Å². The predicted octanol–water partition coefficient (Wildman–Crippen LogP) is 3.95. The molecule has 1 saturated heterocycles. The number of methoxy groups -OCH3 is 1. The zero-order chi connectivity index (χ0) is 22.4. The van der Waals surface area contributed by atoms with E-state index in [0.29, 0.717) is 40.8 Å². The maximum Gasteiger partial charge on any atom is 0.276 e. The van der Waals surface area contributed by atoms with Gasteiger partial charge in [0.1, 0.15) is 12.3 Å². The van der Waals surface area contributed by atoms with E-state index in [-0.39, 0.29) is 12.5 Å². The molecule has 0 atom stereocenters. The SMILES string of the molecule is C=CCc1cc(C=C2NC(=S)N(CC)C2=O)cc(OC)c1OCc1ccccc1C#N. The summed E-state index contributed by atoms with van der Waals surface area (Å²) in [6.45, 7) is 6.43. The van der Waals surface area contributed by atoms with Gasteiger partial charge in [-0.3, -0.25) is 9.69 Å². The largest absolute Gasteiger partial charge is 0.493 e. The summed E-state index contributed by atoms with van der Waals surface area (Å²) >= 11 is 5.22. The van der Waals surface area contributed by atoms with Crippen LogP contribution in [0.3, 0.4) is 0 Å². The smallest absolute Gasteiger partial charge is 0.276 e. The number of benzene rings is 2. The van der Waals surface area contributed by atoms with Crippen LogP contribution in [0.5, 0.6) is 11.5 Å². The number of nitrogens with zero attached hydrogens (tertiary/aromatic N) is 2. The van der Waals surface area contributed by atoms with Crippen molar-refractivity contribution >= 4 is 29.3 Å². The Kier molecular flexibility index (Phi) is 7.06. The average Bonchev–Trinajstić information content (AvgIpc) is 3.05. The van der Waals surface area contributed by atoms with Crippen LogP contribution in [0.4, 0.5) is 0 Å². The van der Waals surface area contributed by atoms with E-state index in [1.54, 1.807) is 31.4 Å². The van der Waals surface area contributed by atoms with E-state index < -0.39 is 0 Å². The molecule has 7 heteroatoms. The van der Waals surface area contributed by atoms with Gasteiger partial charge >= 0.3 is 0 Å². The van der Waals surface area contributed by atoms with Crippen molar-refractivity contribution in [3.8, 4) is 17.6 Å². The molecule has 0 aromatic heterocycles. The zero-order valence-electron chi connectivity index (χ0n) is 17.5. The van der Waals surface area contributed by atoms with Gasteiger partial charge in [0.25, 0.3) is 5.91 Å². The third kappa shape index (κ3) is 4.76. The molecule has 2 aromatic carbocycles. The van der Waals surface area contributed by atoms with Crippen molar-refractivity contribution in [1.82, 2.24) is 10.2 Å². The summed E-state index contributed by atoms with van der Waals surface area (Å²) in [5.41, 5.74) is 3.40. The first-order valence-electron chi connectivity index (χ1n) is 9.79. The highest BCUT2D eigenvalue weighted by atomic mass is 32.1. The number of hydrogen-bond donors (Lipinski definition) is 1. The van der Waals surface area contributed by atoms with Crippen LogP contribution in [0.15, 0.2) is 54.8 Å². The van der Waals surface area contributed by atoms with Gasteiger partial charge in [0.05, 0.1) is 18.7 Å². The minimum Gasteiger partial charge on any atom is -0.493 e. The lowest BCUT2D eigenvalue weighted by molar-refractivity contribution is -0.122. The Morgan fingerprint density at radius 1 is 1.29 bits per heavy atom. The van der Waals surface area contributed by atoms with Gasteiger partial charge in [-0.1, -0.05) is 24.3 Å². The molecule has 1 N–H and O–H groups in total. The number of likely N-dealkylation sites (N-methyl/N-ethyl adjacent to an activating group) is 1. The molecule has 31 heavy (non-hydrogen) atoms. The average molecular weight is 434 g/mol. The summed E-state index contributed by atoms with van der Waals surface area (Å²) < 4.78 is 11.7. The second-order valence-electron chi connectivity index (χ2n) is 6.80. The molecule has 1 aliphatic heterocycles. The lowest BCUT2D eigenvalue weighted by Gasteiger charge is -2.16. The topological polar surface area (TPSA) is 74.6 Å². The molecule has 0 aliphatic carbocycles. The summed E-state index contributed by atoms with van der Waals surface area (Å²) in [6.07, 6.45) is 4.06. The highest BCUT2D eigenvalue weighted by Crippen LogP contribution is 2.35. The van der Waals surface area contributed by atoms with E-state index >= 15 is 0 Å². The van der Waals surface area contributed by atoms with Crippen molar-refractivity contribution in [2.24, 2.45) is 0 Å². The number of rotatable bonds is 8. The minimum absolute atomic E-state index is 0.162. The molecule has 3 rings (SSSR count). The first-order chi connectivity index (χ1) is 15.0. The molecule has 2 aromatic rings. The third-order valence-electron chi connectivity index (χ3n) is 4.84. The molecule has 1 amide bonds. The monoisotopic (exact) mass is 433 g/mol. The summed E-state index contributed by atoms with van der Waals surface area (Å²) in [5, 5.41) is 12.7. The number of ether oxygens (including phenoxy) is 2. The fourth-order valence-corrected chi connectivity index (χ4v) is 3.64. The maximum atomic E-state index is 12.5. The number of amides is 1. The molecule has 158 valence electrons. The minimum atomic E-state index is -0.162. The maximum absolute atomic E-state index is 12.5. The van der Waals surface area contributed by atoms with Crippen LogP contribution >= 0.6 is 12.2 Å². The Hall–Kier alpha value is -3.63. The molecule has 0 bridgehead atoms. The molecule has 0 unspecified atom stereocenters. The van der Waals surface area contributed by atoms with E-state index in [0.717, 1.165) is 16.7 Å². The van der Waals surface area contributed by atoms with Crippen LogP contribution < -0.4 is 14.8 Å². The van der Waals surface area contributed by atoms with Gasteiger partial charge in [-0.05, 0) is 55.4 Å². The van der Waals surface area contributed by atoms with Crippen LogP contribution in [-0.2, 0) is 17.8 Å². The van der Waals surface area contributed by atoms with Crippen molar-refractivity contribution in [2.75, 3.05) is 13.7 Å². The summed E-state index contributed by atoms with van der Waals surface area (Å²) in [6, 6.07) is 13.2. The highest BCUT2D eigenvalue weighted by Gasteiger charge is 2.29. The number of nitrogens with one attached hydrogen (secondary N) is 1. The fourth-order valence-electron chi connectivity index (χ4n) is 3.32. The number of thiocarbonyl (C=S) groups is 1. The first-order valence-corrected chi connectivity index (χ1v) is 10.2. The number of hydrogen-bond acceptors (Lipinski definition) is 5. The molecule has 0 radical (unpaired) electrons. The Bertz CT molecular complexity index is 1100. The lowest BCUT2D eigenvalue weighted by atomic mass is 10.0. The second-order valence-corrected chi connectivity index (χ2v) is 7.19. The van der Waals surface area contributed by atoms with E-state index in [1.165, 1.54) is 4.90 Å². The molecule has 1 aliphatic rings. The molecular formula is C24H23N3O3S. The van der Waals surface area contributed by atoms with Crippen LogP contribution in [0.2, 0.25) is 0 Å². The van der Waals surface area contributed by atoms with Gasteiger partial charge in [-0.25, -0.2) is 0 Å². The zero-order valence-corrected chi connectivity index (χ0v) is 18.3. The normalized spacial score (nSPS) is 14.4. The van der Waals surface area contributed by atoms with E-state index in [9.17, 15) is 10.1 Å². The van der Waals surface area contributed by atoms with Crippen LogP contribution in [-0.4, -0.2) is 29.6 Å². The van der Waals surface area contributed by atoms with E-state index in [2.05, 4.69) is 18.0 Å². The van der Waals surface area contributed by atoms with Gasteiger partial charge in [-0.2, -0.15) is 5.26 Å². The van der Waals surface area contributed by atoms with E-state index in [4.69, 9.17) is 21.7 Å². The Labute approximate surface area is 187 Å².